The van der Waals surface area contributed by atoms with Gasteiger partial charge in [0, 0.05) is 19.5 Å². The van der Waals surface area contributed by atoms with E-state index in [1.54, 1.807) is 0 Å². The molecule has 0 aromatic carbocycles. The van der Waals surface area contributed by atoms with Crippen LogP contribution >= 0.6 is 0 Å². The van der Waals surface area contributed by atoms with Crippen LogP contribution < -0.4 is 0 Å². The fourth-order valence-electron chi connectivity index (χ4n) is 5.21. The highest BCUT2D eigenvalue weighted by molar-refractivity contribution is 5.77. The maximum atomic E-state index is 11.6. The van der Waals surface area contributed by atoms with Gasteiger partial charge in [0.1, 0.15) is 0 Å². The van der Waals surface area contributed by atoms with Crippen LogP contribution in [0.3, 0.4) is 0 Å². The number of hydrogen-bond donors (Lipinski definition) is 0. The van der Waals surface area contributed by atoms with Crippen LogP contribution in [0.25, 0.3) is 0 Å². The lowest BCUT2D eigenvalue weighted by atomic mass is 10.0. The average molecular weight is 450 g/mol. The largest absolute Gasteiger partial charge is 0.343 e. The third-order valence-corrected chi connectivity index (χ3v) is 7.45. The van der Waals surface area contributed by atoms with E-state index in [1.807, 2.05) is 0 Å². The van der Waals surface area contributed by atoms with Crippen molar-refractivity contribution in [3.05, 3.63) is 0 Å². The summed E-state index contributed by atoms with van der Waals surface area (Å²) in [4.78, 5) is 13.6. The van der Waals surface area contributed by atoms with Crippen molar-refractivity contribution in [1.82, 2.24) is 4.90 Å². The molecule has 0 unspecified atom stereocenters. The highest BCUT2D eigenvalue weighted by atomic mass is 16.2. The van der Waals surface area contributed by atoms with E-state index in [0.717, 1.165) is 25.9 Å². The first-order chi connectivity index (χ1) is 15.8. The molecule has 0 spiro atoms. The molecule has 0 bridgehead atoms. The Hall–Kier alpha value is -0.530. The SMILES string of the molecule is CCCCCCCCCCCCCCCCCCCCCCCCCCN1CCCC1=O. The van der Waals surface area contributed by atoms with E-state index in [0.29, 0.717) is 5.91 Å². The molecule has 1 aliphatic rings. The summed E-state index contributed by atoms with van der Waals surface area (Å²) in [5, 5.41) is 0. The van der Waals surface area contributed by atoms with Crippen molar-refractivity contribution in [1.29, 1.82) is 0 Å². The zero-order valence-electron chi connectivity index (χ0n) is 22.2. The quantitative estimate of drug-likeness (QED) is 0.127. The maximum Gasteiger partial charge on any atom is 0.222 e. The molecule has 0 atom stereocenters. The zero-order valence-corrected chi connectivity index (χ0v) is 22.2. The number of rotatable bonds is 25. The number of carbonyl (C=O) groups is 1. The number of nitrogens with zero attached hydrogens (tertiary/aromatic N) is 1. The molecular formula is C30H59NO. The lowest BCUT2D eigenvalue weighted by Crippen LogP contribution is -2.25. The number of carbonyl (C=O) groups excluding carboxylic acids is 1. The van der Waals surface area contributed by atoms with Gasteiger partial charge in [-0.2, -0.15) is 0 Å². The molecule has 0 aromatic heterocycles. The van der Waals surface area contributed by atoms with Crippen LogP contribution in [0.2, 0.25) is 0 Å². The van der Waals surface area contributed by atoms with Gasteiger partial charge in [0.15, 0.2) is 0 Å². The van der Waals surface area contributed by atoms with E-state index in [1.165, 1.54) is 154 Å². The molecule has 190 valence electrons. The highest BCUT2D eigenvalue weighted by Gasteiger charge is 2.18. The third kappa shape index (κ3) is 19.0. The van der Waals surface area contributed by atoms with Gasteiger partial charge in [-0.1, -0.05) is 155 Å². The summed E-state index contributed by atoms with van der Waals surface area (Å²) in [6, 6.07) is 0. The molecule has 1 heterocycles. The normalized spacial score (nSPS) is 14.0. The van der Waals surface area contributed by atoms with Crippen molar-refractivity contribution in [2.45, 2.75) is 174 Å². The summed E-state index contributed by atoms with van der Waals surface area (Å²) in [7, 11) is 0. The van der Waals surface area contributed by atoms with Gasteiger partial charge in [-0.05, 0) is 12.8 Å². The van der Waals surface area contributed by atoms with E-state index < -0.39 is 0 Å². The molecular weight excluding hydrogens is 390 g/mol. The van der Waals surface area contributed by atoms with E-state index >= 15 is 0 Å². The molecule has 0 aliphatic carbocycles. The average Bonchev–Trinajstić information content (AvgIpc) is 3.21. The Bertz CT molecular complexity index is 394. The Kier molecular flexibility index (Phi) is 21.8. The molecule has 1 amide bonds. The first-order valence-electron chi connectivity index (χ1n) is 15.1. The van der Waals surface area contributed by atoms with E-state index in [2.05, 4.69) is 11.8 Å². The van der Waals surface area contributed by atoms with Crippen molar-refractivity contribution in [2.24, 2.45) is 0 Å². The van der Waals surface area contributed by atoms with Crippen LogP contribution in [-0.2, 0) is 4.79 Å². The Morgan fingerprint density at radius 1 is 0.500 bits per heavy atom. The summed E-state index contributed by atoms with van der Waals surface area (Å²) in [6.45, 7) is 4.32. The number of hydrogen-bond acceptors (Lipinski definition) is 1. The van der Waals surface area contributed by atoms with Gasteiger partial charge in [0.2, 0.25) is 5.91 Å². The first kappa shape index (κ1) is 29.5. The molecule has 32 heavy (non-hydrogen) atoms. The first-order valence-corrected chi connectivity index (χ1v) is 15.1. The molecule has 0 aromatic rings. The molecule has 1 rings (SSSR count). The highest BCUT2D eigenvalue weighted by Crippen LogP contribution is 2.16. The van der Waals surface area contributed by atoms with Crippen molar-refractivity contribution < 1.29 is 4.79 Å². The third-order valence-electron chi connectivity index (χ3n) is 7.45. The van der Waals surface area contributed by atoms with Crippen molar-refractivity contribution in [2.75, 3.05) is 13.1 Å². The van der Waals surface area contributed by atoms with E-state index in [-0.39, 0.29) is 0 Å². The summed E-state index contributed by atoms with van der Waals surface area (Å²) >= 11 is 0. The predicted molar refractivity (Wildman–Crippen MR) is 142 cm³/mol. The van der Waals surface area contributed by atoms with E-state index in [9.17, 15) is 4.79 Å². The molecule has 1 saturated heterocycles. The molecule has 1 fully saturated rings. The van der Waals surface area contributed by atoms with Crippen LogP contribution in [0.1, 0.15) is 174 Å². The van der Waals surface area contributed by atoms with Crippen LogP contribution in [0, 0.1) is 0 Å². The molecule has 0 radical (unpaired) electrons. The number of unbranched alkanes of at least 4 members (excludes halogenated alkanes) is 23. The van der Waals surface area contributed by atoms with Gasteiger partial charge in [0.05, 0.1) is 0 Å². The summed E-state index contributed by atoms with van der Waals surface area (Å²) in [5.74, 6) is 0.388. The van der Waals surface area contributed by atoms with Gasteiger partial charge in [-0.3, -0.25) is 4.79 Å². The fraction of sp³-hybridized carbons (Fsp3) is 0.967. The van der Waals surface area contributed by atoms with Crippen LogP contribution in [-0.4, -0.2) is 23.9 Å². The molecule has 2 nitrogen and oxygen atoms in total. The van der Waals surface area contributed by atoms with Crippen molar-refractivity contribution >= 4 is 5.91 Å². The Labute approximate surface area is 202 Å². The van der Waals surface area contributed by atoms with Gasteiger partial charge in [-0.25, -0.2) is 0 Å². The Morgan fingerprint density at radius 2 is 0.812 bits per heavy atom. The molecule has 0 N–H and O–H groups in total. The minimum atomic E-state index is 0.388. The van der Waals surface area contributed by atoms with Gasteiger partial charge >= 0.3 is 0 Å². The number of amides is 1. The van der Waals surface area contributed by atoms with Crippen molar-refractivity contribution in [3.63, 3.8) is 0 Å². The Balaban J connectivity index is 1.63. The molecule has 1 aliphatic heterocycles. The second kappa shape index (κ2) is 23.6. The number of likely N-dealkylation sites (tertiary alicyclic amines) is 1. The fourth-order valence-corrected chi connectivity index (χ4v) is 5.21. The minimum Gasteiger partial charge on any atom is -0.343 e. The van der Waals surface area contributed by atoms with Gasteiger partial charge in [0.25, 0.3) is 0 Å². The Morgan fingerprint density at radius 3 is 1.09 bits per heavy atom. The van der Waals surface area contributed by atoms with Gasteiger partial charge in [-0.15, -0.1) is 0 Å². The summed E-state index contributed by atoms with van der Waals surface area (Å²) in [6.07, 6.45) is 36.3. The second-order valence-electron chi connectivity index (χ2n) is 10.6. The molecule has 0 saturated carbocycles. The standard InChI is InChI=1S/C30H59NO/c1-2-3-4-5-6-7-8-9-10-11-12-13-14-15-16-17-18-19-20-21-22-23-24-25-28-31-29-26-27-30(31)32/h2-29H2,1H3. The zero-order chi connectivity index (χ0) is 23.0. The predicted octanol–water partition coefficient (Wildman–Crippen LogP) is 9.99. The van der Waals surface area contributed by atoms with Gasteiger partial charge < -0.3 is 4.90 Å². The van der Waals surface area contributed by atoms with Crippen LogP contribution in [0.4, 0.5) is 0 Å². The topological polar surface area (TPSA) is 20.3 Å². The maximum absolute atomic E-state index is 11.6. The smallest absolute Gasteiger partial charge is 0.222 e. The van der Waals surface area contributed by atoms with E-state index in [4.69, 9.17) is 0 Å². The minimum absolute atomic E-state index is 0.388. The summed E-state index contributed by atoms with van der Waals surface area (Å²) in [5.41, 5.74) is 0. The molecule has 2 heteroatoms. The van der Waals surface area contributed by atoms with Crippen LogP contribution in [0.15, 0.2) is 0 Å². The summed E-state index contributed by atoms with van der Waals surface area (Å²) < 4.78 is 0. The van der Waals surface area contributed by atoms with Crippen LogP contribution in [0.5, 0.6) is 0 Å². The lowest BCUT2D eigenvalue weighted by molar-refractivity contribution is -0.127. The second-order valence-corrected chi connectivity index (χ2v) is 10.6. The van der Waals surface area contributed by atoms with Crippen molar-refractivity contribution in [3.8, 4) is 0 Å². The monoisotopic (exact) mass is 449 g/mol. The lowest BCUT2D eigenvalue weighted by Gasteiger charge is -2.14.